The number of alkyl halides is 2. The van der Waals surface area contributed by atoms with E-state index in [0.29, 0.717) is 6.04 Å². The van der Waals surface area contributed by atoms with Gasteiger partial charge in [-0.25, -0.2) is 4.98 Å². The molecule has 0 bridgehead atoms. The van der Waals surface area contributed by atoms with E-state index in [-0.39, 0.29) is 11.6 Å². The van der Waals surface area contributed by atoms with Crippen LogP contribution in [0.25, 0.3) is 0 Å². The Morgan fingerprint density at radius 2 is 2.00 bits per heavy atom. The number of imidazole rings is 1. The Bertz CT molecular complexity index is 400. The van der Waals surface area contributed by atoms with Crippen LogP contribution >= 0.6 is 0 Å². The lowest BCUT2D eigenvalue weighted by molar-refractivity contribution is 0.0128. The number of aromatic nitrogens is 2. The van der Waals surface area contributed by atoms with Crippen molar-refractivity contribution in [3.05, 3.63) is 17.7 Å². The first-order valence-electron chi connectivity index (χ1n) is 5.94. The molecular weight excluding hydrogens is 224 g/mol. The van der Waals surface area contributed by atoms with E-state index in [1.165, 1.54) is 6.20 Å². The zero-order valence-corrected chi connectivity index (χ0v) is 10.7. The Hall–Kier alpha value is -0.970. The summed E-state index contributed by atoms with van der Waals surface area (Å²) in [6.45, 7) is 6.68. The molecule has 0 aliphatic carbocycles. The predicted molar refractivity (Wildman–Crippen MR) is 62.4 cm³/mol. The third-order valence-electron chi connectivity index (χ3n) is 3.17. The lowest BCUT2D eigenvalue weighted by atomic mass is 10.1. The number of hydrogen-bond donors (Lipinski definition) is 0. The van der Waals surface area contributed by atoms with Crippen molar-refractivity contribution in [2.24, 2.45) is 0 Å². The second-order valence-corrected chi connectivity index (χ2v) is 5.31. The molecule has 0 atom stereocenters. The minimum absolute atomic E-state index is 0.115. The number of hydrogen-bond acceptors (Lipinski definition) is 2. The maximum atomic E-state index is 13.3. The zero-order chi connectivity index (χ0) is 12.8. The fourth-order valence-electron chi connectivity index (χ4n) is 2.18. The third-order valence-corrected chi connectivity index (χ3v) is 3.17. The molecule has 0 saturated carbocycles. The second-order valence-electron chi connectivity index (χ2n) is 5.31. The monoisotopic (exact) mass is 243 g/mol. The Labute approximate surface area is 100 Å². The second kappa shape index (κ2) is 4.05. The number of nitrogens with zero attached hydrogens (tertiary/aromatic N) is 3. The summed E-state index contributed by atoms with van der Waals surface area (Å²) in [4.78, 5) is 6.27. The van der Waals surface area contributed by atoms with Crippen LogP contribution < -0.4 is 0 Å². The van der Waals surface area contributed by atoms with Gasteiger partial charge in [-0.05, 0) is 7.05 Å². The van der Waals surface area contributed by atoms with Gasteiger partial charge in [0.1, 0.15) is 11.5 Å². The van der Waals surface area contributed by atoms with Gasteiger partial charge in [0.05, 0.1) is 6.04 Å². The van der Waals surface area contributed by atoms with E-state index >= 15 is 0 Å². The van der Waals surface area contributed by atoms with Crippen molar-refractivity contribution >= 4 is 0 Å². The number of likely N-dealkylation sites (N-methyl/N-ethyl adjacent to an activating group) is 1. The quantitative estimate of drug-likeness (QED) is 0.813. The van der Waals surface area contributed by atoms with E-state index in [9.17, 15) is 8.78 Å². The van der Waals surface area contributed by atoms with Crippen molar-refractivity contribution in [1.29, 1.82) is 0 Å². The molecule has 0 unspecified atom stereocenters. The van der Waals surface area contributed by atoms with Crippen molar-refractivity contribution in [2.75, 3.05) is 20.1 Å². The van der Waals surface area contributed by atoms with E-state index < -0.39 is 5.92 Å². The van der Waals surface area contributed by atoms with Crippen LogP contribution in [0, 0.1) is 0 Å². The summed E-state index contributed by atoms with van der Waals surface area (Å²) in [7, 11) is 2.03. The molecule has 3 nitrogen and oxygen atoms in total. The minimum atomic E-state index is -2.86. The standard InChI is InChI=1S/C12H19F2N3/c1-8(2)11-15-10(12(3,13)14)7-17(11)9-5-16(4)6-9/h7-9H,5-6H2,1-4H3. The zero-order valence-electron chi connectivity index (χ0n) is 10.7. The van der Waals surface area contributed by atoms with Crippen molar-refractivity contribution in [2.45, 2.75) is 38.7 Å². The molecule has 0 spiro atoms. The van der Waals surface area contributed by atoms with Gasteiger partial charge in [-0.15, -0.1) is 0 Å². The SMILES string of the molecule is CC(C)c1nc(C(C)(F)F)cn1C1CN(C)C1. The first-order valence-corrected chi connectivity index (χ1v) is 5.94. The highest BCUT2D eigenvalue weighted by atomic mass is 19.3. The van der Waals surface area contributed by atoms with E-state index in [1.807, 2.05) is 25.5 Å². The molecule has 0 amide bonds. The van der Waals surface area contributed by atoms with Gasteiger partial charge in [0.25, 0.3) is 5.92 Å². The number of likely N-dealkylation sites (tertiary alicyclic amines) is 1. The summed E-state index contributed by atoms with van der Waals surface area (Å²) in [5, 5.41) is 0. The van der Waals surface area contributed by atoms with Gasteiger partial charge in [0, 0.05) is 32.1 Å². The largest absolute Gasteiger partial charge is 0.329 e. The first-order chi connectivity index (χ1) is 7.79. The maximum absolute atomic E-state index is 13.3. The van der Waals surface area contributed by atoms with Crippen LogP contribution in [0.4, 0.5) is 8.78 Å². The summed E-state index contributed by atoms with van der Waals surface area (Å²) < 4.78 is 28.5. The Balaban J connectivity index is 2.33. The Morgan fingerprint density at radius 1 is 1.41 bits per heavy atom. The molecular formula is C12H19F2N3. The molecule has 17 heavy (non-hydrogen) atoms. The summed E-state index contributed by atoms with van der Waals surface area (Å²) in [5.41, 5.74) is -0.115. The molecule has 1 aliphatic rings. The van der Waals surface area contributed by atoms with E-state index in [4.69, 9.17) is 0 Å². The molecule has 5 heteroatoms. The highest BCUT2D eigenvalue weighted by molar-refractivity contribution is 5.14. The fourth-order valence-corrected chi connectivity index (χ4v) is 2.18. The topological polar surface area (TPSA) is 21.1 Å². The van der Waals surface area contributed by atoms with Crippen molar-refractivity contribution in [3.8, 4) is 0 Å². The molecule has 2 heterocycles. The molecule has 1 aromatic rings. The van der Waals surface area contributed by atoms with Gasteiger partial charge in [-0.2, -0.15) is 8.78 Å². The van der Waals surface area contributed by atoms with Gasteiger partial charge in [-0.3, -0.25) is 0 Å². The summed E-state index contributed by atoms with van der Waals surface area (Å²) >= 11 is 0. The fraction of sp³-hybridized carbons (Fsp3) is 0.750. The van der Waals surface area contributed by atoms with E-state index in [2.05, 4.69) is 9.88 Å². The number of rotatable bonds is 3. The predicted octanol–water partition coefficient (Wildman–Crippen LogP) is 2.60. The summed E-state index contributed by atoms with van der Waals surface area (Å²) in [5.74, 6) is -1.93. The van der Waals surface area contributed by atoms with Gasteiger partial charge in [0.15, 0.2) is 0 Å². The molecule has 1 fully saturated rings. The van der Waals surface area contributed by atoms with Crippen LogP contribution in [-0.4, -0.2) is 34.6 Å². The van der Waals surface area contributed by atoms with Crippen molar-refractivity contribution in [1.82, 2.24) is 14.5 Å². The van der Waals surface area contributed by atoms with Crippen LogP contribution in [0.5, 0.6) is 0 Å². The molecule has 1 saturated heterocycles. The van der Waals surface area contributed by atoms with Gasteiger partial charge < -0.3 is 9.47 Å². The third kappa shape index (κ3) is 2.34. The first kappa shape index (κ1) is 12.5. The van der Waals surface area contributed by atoms with Gasteiger partial charge >= 0.3 is 0 Å². The van der Waals surface area contributed by atoms with Crippen LogP contribution in [0.3, 0.4) is 0 Å². The molecule has 2 rings (SSSR count). The normalized spacial score (nSPS) is 18.8. The Morgan fingerprint density at radius 3 is 2.41 bits per heavy atom. The molecule has 96 valence electrons. The summed E-state index contributed by atoms with van der Waals surface area (Å²) in [6.07, 6.45) is 1.52. The number of halogens is 2. The maximum Gasteiger partial charge on any atom is 0.288 e. The van der Waals surface area contributed by atoms with E-state index in [0.717, 1.165) is 25.8 Å². The Kier molecular flexibility index (Phi) is 2.97. The molecule has 0 aromatic carbocycles. The van der Waals surface area contributed by atoms with Gasteiger partial charge in [0.2, 0.25) is 0 Å². The van der Waals surface area contributed by atoms with Crippen LogP contribution in [0.15, 0.2) is 6.20 Å². The van der Waals surface area contributed by atoms with Crippen LogP contribution in [-0.2, 0) is 5.92 Å². The van der Waals surface area contributed by atoms with Gasteiger partial charge in [-0.1, -0.05) is 13.8 Å². The molecule has 0 radical (unpaired) electrons. The highest BCUT2D eigenvalue weighted by Crippen LogP contribution is 2.31. The van der Waals surface area contributed by atoms with Crippen molar-refractivity contribution in [3.63, 3.8) is 0 Å². The molecule has 0 N–H and O–H groups in total. The van der Waals surface area contributed by atoms with E-state index in [1.54, 1.807) is 0 Å². The highest BCUT2D eigenvalue weighted by Gasteiger charge is 2.33. The van der Waals surface area contributed by atoms with Crippen LogP contribution in [0.1, 0.15) is 44.2 Å². The lowest BCUT2D eigenvalue weighted by Gasteiger charge is -2.38. The smallest absolute Gasteiger partial charge is 0.288 e. The molecule has 1 aliphatic heterocycles. The minimum Gasteiger partial charge on any atom is -0.329 e. The average Bonchev–Trinajstić information content (AvgIpc) is 2.56. The van der Waals surface area contributed by atoms with Crippen molar-refractivity contribution < 1.29 is 8.78 Å². The lowest BCUT2D eigenvalue weighted by Crippen LogP contribution is -2.45. The van der Waals surface area contributed by atoms with Crippen LogP contribution in [0.2, 0.25) is 0 Å². The summed E-state index contributed by atoms with van der Waals surface area (Å²) in [6, 6.07) is 0.293. The average molecular weight is 243 g/mol. The molecule has 1 aromatic heterocycles.